The number of carboxylic acids is 1. The summed E-state index contributed by atoms with van der Waals surface area (Å²) in [5.74, 6) is -0.992. The average molecular weight is 257 g/mol. The number of piperidine rings is 1. The van der Waals surface area contributed by atoms with Crippen LogP contribution in [0.3, 0.4) is 0 Å². The first-order chi connectivity index (χ1) is 8.61. The summed E-state index contributed by atoms with van der Waals surface area (Å²) in [4.78, 5) is 24.6. The maximum Gasteiger partial charge on any atom is 0.332 e. The number of rotatable bonds is 3. The number of aliphatic hydroxyl groups excluding tert-OH is 1. The molecule has 2 aliphatic rings. The van der Waals surface area contributed by atoms with Crippen molar-refractivity contribution < 1.29 is 24.5 Å². The molecule has 0 bridgehead atoms. The fourth-order valence-corrected chi connectivity index (χ4v) is 2.62. The number of carbonyl (C=O) groups excluding carboxylic acids is 1. The predicted octanol–water partition coefficient (Wildman–Crippen LogP) is -0.151. The molecule has 2 heterocycles. The highest BCUT2D eigenvalue weighted by Crippen LogP contribution is 2.24. The van der Waals surface area contributed by atoms with E-state index in [9.17, 15) is 9.59 Å². The number of ether oxygens (including phenoxy) is 1. The van der Waals surface area contributed by atoms with Crippen LogP contribution in [0.4, 0.5) is 0 Å². The quantitative estimate of drug-likeness (QED) is 0.734. The van der Waals surface area contributed by atoms with Gasteiger partial charge in [-0.25, -0.2) is 4.79 Å². The molecule has 2 fully saturated rings. The van der Waals surface area contributed by atoms with E-state index in [1.165, 1.54) is 0 Å². The molecule has 2 saturated heterocycles. The first kappa shape index (κ1) is 13.3. The zero-order valence-corrected chi connectivity index (χ0v) is 10.2. The zero-order chi connectivity index (χ0) is 13.1. The number of hydrogen-bond acceptors (Lipinski definition) is 4. The number of hydrogen-bond donors (Lipinski definition) is 2. The Morgan fingerprint density at radius 2 is 1.94 bits per heavy atom. The molecule has 2 rings (SSSR count). The molecule has 0 aromatic carbocycles. The van der Waals surface area contributed by atoms with Gasteiger partial charge in [0.05, 0.1) is 0 Å². The maximum atomic E-state index is 12.2. The Labute approximate surface area is 106 Å². The van der Waals surface area contributed by atoms with E-state index in [1.54, 1.807) is 4.90 Å². The van der Waals surface area contributed by atoms with E-state index in [4.69, 9.17) is 14.9 Å². The number of carboxylic acid groups (broad SMARTS) is 1. The Kier molecular flexibility index (Phi) is 4.19. The van der Waals surface area contributed by atoms with Gasteiger partial charge in [0.2, 0.25) is 0 Å². The third-order valence-electron chi connectivity index (χ3n) is 3.66. The monoisotopic (exact) mass is 257 g/mol. The van der Waals surface area contributed by atoms with Gasteiger partial charge in [0.1, 0.15) is 6.10 Å². The predicted molar refractivity (Wildman–Crippen MR) is 61.9 cm³/mol. The van der Waals surface area contributed by atoms with Crippen LogP contribution in [0.2, 0.25) is 0 Å². The summed E-state index contributed by atoms with van der Waals surface area (Å²) in [6, 6.07) is 0. The molecule has 0 aromatic rings. The van der Waals surface area contributed by atoms with Gasteiger partial charge in [-0.2, -0.15) is 0 Å². The Bertz CT molecular complexity index is 332. The van der Waals surface area contributed by atoms with Crippen molar-refractivity contribution in [1.29, 1.82) is 0 Å². The Hall–Kier alpha value is -1.14. The topological polar surface area (TPSA) is 87.1 Å². The van der Waals surface area contributed by atoms with Crippen LogP contribution in [-0.4, -0.2) is 58.9 Å². The summed E-state index contributed by atoms with van der Waals surface area (Å²) in [6.45, 7) is 1.31. The van der Waals surface area contributed by atoms with Crippen molar-refractivity contribution in [1.82, 2.24) is 4.90 Å². The van der Waals surface area contributed by atoms with Crippen molar-refractivity contribution in [3.63, 3.8) is 0 Å². The Morgan fingerprint density at radius 1 is 1.22 bits per heavy atom. The van der Waals surface area contributed by atoms with Crippen molar-refractivity contribution in [2.75, 3.05) is 19.7 Å². The number of likely N-dealkylation sites (tertiary alicyclic amines) is 1. The van der Waals surface area contributed by atoms with Gasteiger partial charge in [-0.05, 0) is 31.6 Å². The second-order valence-corrected chi connectivity index (χ2v) is 5.00. The number of amides is 1. The molecule has 0 radical (unpaired) electrons. The standard InChI is InChI=1S/C12H19NO5/c14-7-8-2-1-5-13(6-8)11(15)9-3-4-10(18-9)12(16)17/h8-10,14H,1-7H2,(H,16,17)/t8?,9-,10+/m0/s1. The lowest BCUT2D eigenvalue weighted by molar-refractivity contribution is -0.155. The molecule has 2 N–H and O–H groups in total. The summed E-state index contributed by atoms with van der Waals surface area (Å²) in [5, 5.41) is 17.9. The van der Waals surface area contributed by atoms with Gasteiger partial charge in [0.25, 0.3) is 5.91 Å². The number of aliphatic carboxylic acids is 1. The van der Waals surface area contributed by atoms with Crippen molar-refractivity contribution in [2.45, 2.75) is 37.9 Å². The molecule has 0 saturated carbocycles. The molecule has 2 aliphatic heterocycles. The molecule has 102 valence electrons. The first-order valence-corrected chi connectivity index (χ1v) is 6.39. The molecule has 18 heavy (non-hydrogen) atoms. The zero-order valence-electron chi connectivity index (χ0n) is 10.2. The van der Waals surface area contributed by atoms with Crippen molar-refractivity contribution in [3.05, 3.63) is 0 Å². The third kappa shape index (κ3) is 2.81. The van der Waals surface area contributed by atoms with E-state index in [0.29, 0.717) is 25.9 Å². The molecule has 3 atom stereocenters. The van der Waals surface area contributed by atoms with Gasteiger partial charge in [-0.15, -0.1) is 0 Å². The lowest BCUT2D eigenvalue weighted by atomic mass is 9.98. The van der Waals surface area contributed by atoms with Gasteiger partial charge < -0.3 is 19.8 Å². The number of aliphatic hydroxyl groups is 1. The van der Waals surface area contributed by atoms with Gasteiger partial charge in [0.15, 0.2) is 6.10 Å². The normalized spacial score (nSPS) is 32.5. The van der Waals surface area contributed by atoms with Crippen molar-refractivity contribution in [2.24, 2.45) is 5.92 Å². The summed E-state index contributed by atoms with van der Waals surface area (Å²) < 4.78 is 5.25. The Morgan fingerprint density at radius 3 is 2.56 bits per heavy atom. The van der Waals surface area contributed by atoms with Crippen LogP contribution >= 0.6 is 0 Å². The van der Waals surface area contributed by atoms with Crippen molar-refractivity contribution >= 4 is 11.9 Å². The van der Waals surface area contributed by atoms with Gasteiger partial charge in [-0.3, -0.25) is 4.79 Å². The van der Waals surface area contributed by atoms with Crippen LogP contribution in [0.1, 0.15) is 25.7 Å². The molecule has 6 nitrogen and oxygen atoms in total. The van der Waals surface area contributed by atoms with Crippen LogP contribution in [0.5, 0.6) is 0 Å². The second kappa shape index (κ2) is 5.67. The molecule has 0 spiro atoms. The minimum atomic E-state index is -1.00. The second-order valence-electron chi connectivity index (χ2n) is 5.00. The van der Waals surface area contributed by atoms with E-state index in [1.807, 2.05) is 0 Å². The summed E-state index contributed by atoms with van der Waals surface area (Å²) in [5.41, 5.74) is 0. The van der Waals surface area contributed by atoms with E-state index in [2.05, 4.69) is 0 Å². The smallest absolute Gasteiger partial charge is 0.332 e. The minimum Gasteiger partial charge on any atom is -0.479 e. The van der Waals surface area contributed by atoms with E-state index < -0.39 is 18.2 Å². The summed E-state index contributed by atoms with van der Waals surface area (Å²) >= 11 is 0. The molecule has 6 heteroatoms. The van der Waals surface area contributed by atoms with Crippen LogP contribution in [0.25, 0.3) is 0 Å². The Balaban J connectivity index is 1.89. The van der Waals surface area contributed by atoms with Crippen LogP contribution in [0, 0.1) is 5.92 Å². The first-order valence-electron chi connectivity index (χ1n) is 6.39. The fraction of sp³-hybridized carbons (Fsp3) is 0.833. The maximum absolute atomic E-state index is 12.2. The molecule has 0 aliphatic carbocycles. The van der Waals surface area contributed by atoms with Crippen LogP contribution < -0.4 is 0 Å². The average Bonchev–Trinajstić information content (AvgIpc) is 2.87. The molecule has 1 amide bonds. The minimum absolute atomic E-state index is 0.0903. The lowest BCUT2D eigenvalue weighted by Crippen LogP contribution is -2.45. The van der Waals surface area contributed by atoms with Crippen LogP contribution in [-0.2, 0) is 14.3 Å². The molecular weight excluding hydrogens is 238 g/mol. The number of nitrogens with zero attached hydrogens (tertiary/aromatic N) is 1. The SMILES string of the molecule is O=C(O)[C@H]1CC[C@@H](C(=O)N2CCCC(CO)C2)O1. The van der Waals surface area contributed by atoms with Gasteiger partial charge in [0, 0.05) is 19.7 Å². The van der Waals surface area contributed by atoms with Crippen LogP contribution in [0.15, 0.2) is 0 Å². The van der Waals surface area contributed by atoms with E-state index in [-0.39, 0.29) is 18.4 Å². The fourth-order valence-electron chi connectivity index (χ4n) is 2.62. The number of carbonyl (C=O) groups is 2. The van der Waals surface area contributed by atoms with E-state index in [0.717, 1.165) is 12.8 Å². The highest BCUT2D eigenvalue weighted by Gasteiger charge is 2.37. The largest absolute Gasteiger partial charge is 0.479 e. The van der Waals surface area contributed by atoms with Gasteiger partial charge >= 0.3 is 5.97 Å². The van der Waals surface area contributed by atoms with Crippen molar-refractivity contribution in [3.8, 4) is 0 Å². The summed E-state index contributed by atoms with van der Waals surface area (Å²) in [6.07, 6.45) is 1.20. The third-order valence-corrected chi connectivity index (χ3v) is 3.66. The molecule has 0 aromatic heterocycles. The highest BCUT2D eigenvalue weighted by molar-refractivity contribution is 5.82. The van der Waals surface area contributed by atoms with Gasteiger partial charge in [-0.1, -0.05) is 0 Å². The molecule has 1 unspecified atom stereocenters. The lowest BCUT2D eigenvalue weighted by Gasteiger charge is -2.33. The summed E-state index contributed by atoms with van der Waals surface area (Å²) in [7, 11) is 0. The highest BCUT2D eigenvalue weighted by atomic mass is 16.5. The molecular formula is C12H19NO5. The van der Waals surface area contributed by atoms with E-state index >= 15 is 0 Å².